The Hall–Kier alpha value is -0.820. The lowest BCUT2D eigenvalue weighted by molar-refractivity contribution is 0.331. The van der Waals surface area contributed by atoms with Crippen molar-refractivity contribution >= 4 is 0 Å². The van der Waals surface area contributed by atoms with Crippen LogP contribution in [0, 0.1) is 6.92 Å². The summed E-state index contributed by atoms with van der Waals surface area (Å²) < 4.78 is 0. The lowest BCUT2D eigenvalue weighted by Gasteiger charge is -2.27. The number of aryl methyl sites for hydroxylation is 1. The third-order valence-electron chi connectivity index (χ3n) is 4.52. The molecule has 1 saturated heterocycles. The quantitative estimate of drug-likeness (QED) is 0.765. The molecule has 0 spiro atoms. The number of benzene rings is 1. The molecule has 0 saturated carbocycles. The van der Waals surface area contributed by atoms with Crippen LogP contribution in [0.5, 0.6) is 0 Å². The van der Waals surface area contributed by atoms with Crippen molar-refractivity contribution in [2.24, 2.45) is 0 Å². The van der Waals surface area contributed by atoms with Crippen LogP contribution in [0.2, 0.25) is 0 Å². The van der Waals surface area contributed by atoms with Gasteiger partial charge in [0.2, 0.25) is 0 Å². The fourth-order valence-corrected chi connectivity index (χ4v) is 2.89. The van der Waals surface area contributed by atoms with Gasteiger partial charge in [-0.1, -0.05) is 39.0 Å². The van der Waals surface area contributed by atoms with Gasteiger partial charge in [-0.05, 0) is 61.4 Å². The van der Waals surface area contributed by atoms with Crippen LogP contribution in [-0.2, 0) is 12.0 Å². The van der Waals surface area contributed by atoms with E-state index in [0.717, 1.165) is 6.54 Å². The van der Waals surface area contributed by atoms with Gasteiger partial charge in [0.05, 0.1) is 0 Å². The van der Waals surface area contributed by atoms with Gasteiger partial charge in [0, 0.05) is 6.54 Å². The van der Waals surface area contributed by atoms with Gasteiger partial charge in [0.1, 0.15) is 0 Å². The molecule has 1 aliphatic rings. The average Bonchev–Trinajstić information content (AvgIpc) is 2.84. The van der Waals surface area contributed by atoms with Crippen molar-refractivity contribution in [3.05, 3.63) is 34.9 Å². The Bertz CT molecular complexity index is 400. The molecular formula is C17H27N. The number of hydrogen-bond acceptors (Lipinski definition) is 1. The molecule has 2 rings (SSSR count). The smallest absolute Gasteiger partial charge is 0.0233 e. The average molecular weight is 245 g/mol. The van der Waals surface area contributed by atoms with E-state index in [9.17, 15) is 0 Å². The highest BCUT2D eigenvalue weighted by Crippen LogP contribution is 2.30. The fraction of sp³-hybridized carbons (Fsp3) is 0.647. The van der Waals surface area contributed by atoms with Gasteiger partial charge in [-0.3, -0.25) is 4.90 Å². The van der Waals surface area contributed by atoms with Gasteiger partial charge in [0.25, 0.3) is 0 Å². The lowest BCUT2D eigenvalue weighted by Crippen LogP contribution is -2.20. The van der Waals surface area contributed by atoms with Gasteiger partial charge in [-0.15, -0.1) is 0 Å². The molecule has 1 aromatic rings. The van der Waals surface area contributed by atoms with Crippen LogP contribution in [0.25, 0.3) is 0 Å². The molecule has 1 heteroatoms. The summed E-state index contributed by atoms with van der Waals surface area (Å²) in [7, 11) is 0. The zero-order chi connectivity index (χ0) is 13.2. The molecule has 1 heterocycles. The Kier molecular flexibility index (Phi) is 4.11. The van der Waals surface area contributed by atoms with Crippen molar-refractivity contribution in [1.29, 1.82) is 0 Å². The highest BCUT2D eigenvalue weighted by Gasteiger charge is 2.21. The van der Waals surface area contributed by atoms with E-state index in [1.807, 2.05) is 0 Å². The summed E-state index contributed by atoms with van der Waals surface area (Å²) in [4.78, 5) is 2.58. The van der Waals surface area contributed by atoms with Crippen molar-refractivity contribution in [3.8, 4) is 0 Å². The van der Waals surface area contributed by atoms with Crippen LogP contribution >= 0.6 is 0 Å². The van der Waals surface area contributed by atoms with Gasteiger partial charge >= 0.3 is 0 Å². The van der Waals surface area contributed by atoms with Crippen LogP contribution in [0.1, 0.15) is 56.7 Å². The summed E-state index contributed by atoms with van der Waals surface area (Å²) in [6.07, 6.45) is 3.94. The minimum atomic E-state index is 0.297. The summed E-state index contributed by atoms with van der Waals surface area (Å²) in [5.74, 6) is 0. The first-order valence-corrected chi connectivity index (χ1v) is 7.35. The van der Waals surface area contributed by atoms with Crippen LogP contribution < -0.4 is 0 Å². The van der Waals surface area contributed by atoms with Gasteiger partial charge in [-0.25, -0.2) is 0 Å². The Labute approximate surface area is 112 Å². The maximum Gasteiger partial charge on any atom is 0.0233 e. The fourth-order valence-electron chi connectivity index (χ4n) is 2.89. The Morgan fingerprint density at radius 1 is 1.17 bits per heavy atom. The third-order valence-corrected chi connectivity index (χ3v) is 4.52. The summed E-state index contributed by atoms with van der Waals surface area (Å²) >= 11 is 0. The monoisotopic (exact) mass is 245 g/mol. The van der Waals surface area contributed by atoms with E-state index < -0.39 is 0 Å². The van der Waals surface area contributed by atoms with Gasteiger partial charge in [-0.2, -0.15) is 0 Å². The molecule has 0 amide bonds. The number of rotatable bonds is 4. The number of likely N-dealkylation sites (tertiary alicyclic amines) is 1. The molecule has 18 heavy (non-hydrogen) atoms. The largest absolute Gasteiger partial charge is 0.299 e. The molecule has 0 unspecified atom stereocenters. The van der Waals surface area contributed by atoms with Crippen molar-refractivity contribution < 1.29 is 0 Å². The standard InChI is InChI=1S/C17H27N/c1-5-17(3,4)16-12-15(9-8-14(16)2)13-18-10-6-7-11-18/h8-9,12H,5-7,10-11,13H2,1-4H3. The molecule has 0 bridgehead atoms. The third kappa shape index (κ3) is 2.95. The SMILES string of the molecule is CCC(C)(C)c1cc(CN2CCCC2)ccc1C. The van der Waals surface area contributed by atoms with Crippen LogP contribution in [0.3, 0.4) is 0 Å². The maximum absolute atomic E-state index is 2.58. The van der Waals surface area contributed by atoms with E-state index in [1.54, 1.807) is 0 Å². The second-order valence-corrected chi connectivity index (χ2v) is 6.37. The van der Waals surface area contributed by atoms with Crippen LogP contribution in [0.4, 0.5) is 0 Å². The normalized spacial score (nSPS) is 17.3. The van der Waals surface area contributed by atoms with Crippen molar-refractivity contribution in [1.82, 2.24) is 4.90 Å². The van der Waals surface area contributed by atoms with E-state index in [-0.39, 0.29) is 0 Å². The zero-order valence-corrected chi connectivity index (χ0v) is 12.4. The predicted octanol–water partition coefficient (Wildman–Crippen LogP) is 4.28. The first-order valence-electron chi connectivity index (χ1n) is 7.35. The first kappa shape index (κ1) is 13.6. The maximum atomic E-state index is 2.58. The molecule has 100 valence electrons. The number of nitrogens with zero attached hydrogens (tertiary/aromatic N) is 1. The van der Waals surface area contributed by atoms with E-state index >= 15 is 0 Å². The molecular weight excluding hydrogens is 218 g/mol. The summed E-state index contributed by atoms with van der Waals surface area (Å²) in [5.41, 5.74) is 4.75. The van der Waals surface area contributed by atoms with E-state index in [1.165, 1.54) is 49.0 Å². The van der Waals surface area contributed by atoms with Crippen molar-refractivity contribution in [3.63, 3.8) is 0 Å². The van der Waals surface area contributed by atoms with Crippen LogP contribution in [0.15, 0.2) is 18.2 Å². The minimum absolute atomic E-state index is 0.297. The second-order valence-electron chi connectivity index (χ2n) is 6.37. The van der Waals surface area contributed by atoms with Gasteiger partial charge < -0.3 is 0 Å². The lowest BCUT2D eigenvalue weighted by atomic mass is 9.79. The first-order chi connectivity index (χ1) is 8.53. The molecule has 1 fully saturated rings. The molecule has 0 aliphatic carbocycles. The highest BCUT2D eigenvalue weighted by molar-refractivity contribution is 5.36. The van der Waals surface area contributed by atoms with E-state index in [2.05, 4.69) is 50.8 Å². The van der Waals surface area contributed by atoms with E-state index in [0.29, 0.717) is 5.41 Å². The second kappa shape index (κ2) is 5.44. The minimum Gasteiger partial charge on any atom is -0.299 e. The molecule has 1 aromatic carbocycles. The molecule has 1 aliphatic heterocycles. The summed E-state index contributed by atoms with van der Waals surface area (Å²) in [6, 6.07) is 7.05. The number of hydrogen-bond donors (Lipinski definition) is 0. The van der Waals surface area contributed by atoms with E-state index in [4.69, 9.17) is 0 Å². The summed E-state index contributed by atoms with van der Waals surface area (Å²) in [5, 5.41) is 0. The molecule has 0 radical (unpaired) electrons. The highest BCUT2D eigenvalue weighted by atomic mass is 15.1. The van der Waals surface area contributed by atoms with Crippen LogP contribution in [-0.4, -0.2) is 18.0 Å². The molecule has 1 nitrogen and oxygen atoms in total. The zero-order valence-electron chi connectivity index (χ0n) is 12.4. The summed E-state index contributed by atoms with van der Waals surface area (Å²) in [6.45, 7) is 12.9. The van der Waals surface area contributed by atoms with Crippen molar-refractivity contribution in [2.75, 3.05) is 13.1 Å². The predicted molar refractivity (Wildman–Crippen MR) is 79.0 cm³/mol. The Balaban J connectivity index is 2.20. The van der Waals surface area contributed by atoms with Gasteiger partial charge in [0.15, 0.2) is 0 Å². The van der Waals surface area contributed by atoms with Crippen molar-refractivity contribution in [2.45, 2.75) is 58.9 Å². The topological polar surface area (TPSA) is 3.24 Å². The molecule has 0 atom stereocenters. The Morgan fingerprint density at radius 2 is 1.83 bits per heavy atom. The molecule has 0 N–H and O–H groups in total. The Morgan fingerprint density at radius 3 is 2.44 bits per heavy atom. The molecule has 0 aromatic heterocycles.